The van der Waals surface area contributed by atoms with E-state index in [1.165, 1.54) is 0 Å². The van der Waals surface area contributed by atoms with Crippen molar-refractivity contribution in [2.75, 3.05) is 0 Å². The second-order valence-corrected chi connectivity index (χ2v) is 8.77. The summed E-state index contributed by atoms with van der Waals surface area (Å²) >= 11 is 0. The average molecular weight is 390 g/mol. The minimum Gasteiger partial charge on any atom is -0.508 e. The van der Waals surface area contributed by atoms with Gasteiger partial charge in [0.25, 0.3) is 0 Å². The summed E-state index contributed by atoms with van der Waals surface area (Å²) in [4.78, 5) is 27.0. The summed E-state index contributed by atoms with van der Waals surface area (Å²) < 4.78 is 5.86. The van der Waals surface area contributed by atoms with Crippen LogP contribution in [0.5, 0.6) is 11.5 Å². The number of phenolic OH excluding ortho intramolecular Hbond substituents is 1. The van der Waals surface area contributed by atoms with Crippen LogP contribution in [0.3, 0.4) is 0 Å². The van der Waals surface area contributed by atoms with Gasteiger partial charge in [0, 0.05) is 23.3 Å². The van der Waals surface area contributed by atoms with Crippen molar-refractivity contribution in [3.05, 3.63) is 71.0 Å². The van der Waals surface area contributed by atoms with E-state index >= 15 is 0 Å². The summed E-state index contributed by atoms with van der Waals surface area (Å²) in [7, 11) is 0. The first-order valence-corrected chi connectivity index (χ1v) is 9.92. The molecule has 0 bridgehead atoms. The lowest BCUT2D eigenvalue weighted by molar-refractivity contribution is -0.148. The number of hydrogen-bond donors (Lipinski definition) is 1. The number of carbonyl (C=O) groups is 2. The third kappa shape index (κ3) is 2.44. The molecule has 1 N–H and O–H groups in total. The van der Waals surface area contributed by atoms with Crippen molar-refractivity contribution in [2.24, 2.45) is 16.7 Å². The Morgan fingerprint density at radius 2 is 1.86 bits per heavy atom. The molecular weight excluding hydrogens is 364 g/mol. The molecule has 1 aliphatic heterocycles. The standard InChI is InChI=1S/C25H26O4/c1-6-16-9-10-24(4)22(27)14(2)15(3)23(28)25(24,5)21(16)18-11-17-12-19(26)7-8-20(17)29-13-18/h6-9,12-13,21,26H,1,10-11H2,2-5H3. The molecule has 3 atom stereocenters. The van der Waals surface area contributed by atoms with Crippen LogP contribution < -0.4 is 4.74 Å². The number of allylic oxidation sites excluding steroid dienone is 6. The minimum atomic E-state index is -0.935. The van der Waals surface area contributed by atoms with Crippen molar-refractivity contribution >= 4 is 11.6 Å². The largest absolute Gasteiger partial charge is 0.508 e. The number of fused-ring (bicyclic) bond motifs is 2. The Labute approximate surface area is 171 Å². The number of hydrogen-bond acceptors (Lipinski definition) is 4. The van der Waals surface area contributed by atoms with E-state index in [4.69, 9.17) is 4.74 Å². The molecule has 0 fully saturated rings. The Bertz CT molecular complexity index is 1050. The molecule has 0 amide bonds. The van der Waals surface area contributed by atoms with Gasteiger partial charge in [0.05, 0.1) is 11.7 Å². The second kappa shape index (κ2) is 6.31. The van der Waals surface area contributed by atoms with Gasteiger partial charge >= 0.3 is 0 Å². The third-order valence-electron chi connectivity index (χ3n) is 7.40. The lowest BCUT2D eigenvalue weighted by Gasteiger charge is -2.55. The molecule has 3 unspecified atom stereocenters. The summed E-state index contributed by atoms with van der Waals surface area (Å²) in [6.45, 7) is 11.3. The van der Waals surface area contributed by atoms with Crippen LogP contribution in [0, 0.1) is 16.7 Å². The van der Waals surface area contributed by atoms with E-state index in [0.717, 1.165) is 16.7 Å². The lowest BCUT2D eigenvalue weighted by Crippen LogP contribution is -2.59. The lowest BCUT2D eigenvalue weighted by atomic mass is 9.45. The maximum Gasteiger partial charge on any atom is 0.166 e. The van der Waals surface area contributed by atoms with Crippen LogP contribution in [0.25, 0.3) is 0 Å². The fourth-order valence-electron chi connectivity index (χ4n) is 5.33. The van der Waals surface area contributed by atoms with Crippen molar-refractivity contribution in [3.8, 4) is 11.5 Å². The molecule has 0 saturated heterocycles. The second-order valence-electron chi connectivity index (χ2n) is 8.77. The summed E-state index contributed by atoms with van der Waals surface area (Å²) in [5.41, 5.74) is 2.06. The van der Waals surface area contributed by atoms with Gasteiger partial charge in [0.15, 0.2) is 11.6 Å². The predicted octanol–water partition coefficient (Wildman–Crippen LogP) is 4.84. The number of phenols is 1. The Hall–Kier alpha value is -2.88. The van der Waals surface area contributed by atoms with E-state index in [1.807, 2.05) is 19.9 Å². The topological polar surface area (TPSA) is 63.6 Å². The maximum absolute atomic E-state index is 13.7. The average Bonchev–Trinajstić information content (AvgIpc) is 2.71. The normalized spacial score (nSPS) is 31.4. The number of ether oxygens (including phenoxy) is 1. The fraction of sp³-hybridized carbons (Fsp3) is 0.360. The molecule has 29 heavy (non-hydrogen) atoms. The van der Waals surface area contributed by atoms with E-state index in [0.29, 0.717) is 29.7 Å². The zero-order valence-corrected chi connectivity index (χ0v) is 17.3. The quantitative estimate of drug-likeness (QED) is 0.784. The van der Waals surface area contributed by atoms with Gasteiger partial charge in [0.2, 0.25) is 0 Å². The molecular formula is C25H26O4. The highest BCUT2D eigenvalue weighted by Gasteiger charge is 2.63. The molecule has 4 heteroatoms. The molecule has 1 aromatic rings. The Kier molecular flexibility index (Phi) is 4.23. The van der Waals surface area contributed by atoms with Crippen LogP contribution in [0.2, 0.25) is 0 Å². The van der Waals surface area contributed by atoms with Gasteiger partial charge in [-0.15, -0.1) is 0 Å². The van der Waals surface area contributed by atoms with Gasteiger partial charge in [-0.1, -0.05) is 32.6 Å². The first-order chi connectivity index (χ1) is 13.6. The van der Waals surface area contributed by atoms with E-state index < -0.39 is 10.8 Å². The van der Waals surface area contributed by atoms with Crippen molar-refractivity contribution in [1.29, 1.82) is 0 Å². The number of aromatic hydroxyl groups is 1. The summed E-state index contributed by atoms with van der Waals surface area (Å²) in [5, 5.41) is 9.90. The van der Waals surface area contributed by atoms with E-state index in [-0.39, 0.29) is 23.2 Å². The van der Waals surface area contributed by atoms with Gasteiger partial charge < -0.3 is 9.84 Å². The smallest absolute Gasteiger partial charge is 0.166 e. The molecule has 150 valence electrons. The fourth-order valence-corrected chi connectivity index (χ4v) is 5.33. The van der Waals surface area contributed by atoms with Crippen molar-refractivity contribution in [1.82, 2.24) is 0 Å². The van der Waals surface area contributed by atoms with Gasteiger partial charge in [-0.3, -0.25) is 9.59 Å². The summed E-state index contributed by atoms with van der Waals surface area (Å²) in [6.07, 6.45) is 6.57. The zero-order chi connectivity index (χ0) is 21.1. The van der Waals surface area contributed by atoms with Gasteiger partial charge in [-0.2, -0.15) is 0 Å². The molecule has 1 heterocycles. The molecule has 0 aromatic heterocycles. The number of benzene rings is 1. The maximum atomic E-state index is 13.7. The predicted molar refractivity (Wildman–Crippen MR) is 112 cm³/mol. The van der Waals surface area contributed by atoms with Crippen LogP contribution in [-0.4, -0.2) is 16.7 Å². The van der Waals surface area contributed by atoms with Crippen LogP contribution in [0.1, 0.15) is 39.7 Å². The first kappa shape index (κ1) is 19.4. The number of Topliss-reactive ketones (excluding diaryl/α,β-unsaturated/α-hetero) is 2. The van der Waals surface area contributed by atoms with Crippen molar-refractivity contribution in [2.45, 2.75) is 40.5 Å². The Morgan fingerprint density at radius 1 is 1.17 bits per heavy atom. The molecule has 0 radical (unpaired) electrons. The molecule has 4 rings (SSSR count). The highest BCUT2D eigenvalue weighted by molar-refractivity contribution is 6.17. The molecule has 4 nitrogen and oxygen atoms in total. The number of ketones is 2. The van der Waals surface area contributed by atoms with Gasteiger partial charge in [-0.05, 0) is 60.8 Å². The number of carbonyl (C=O) groups excluding carboxylic acids is 2. The van der Waals surface area contributed by atoms with Crippen LogP contribution in [0.4, 0.5) is 0 Å². The molecule has 3 aliphatic rings. The van der Waals surface area contributed by atoms with E-state index in [2.05, 4.69) is 6.58 Å². The zero-order valence-electron chi connectivity index (χ0n) is 17.3. The number of rotatable bonds is 2. The molecule has 0 saturated carbocycles. The molecule has 1 aromatic carbocycles. The summed E-state index contributed by atoms with van der Waals surface area (Å²) in [6, 6.07) is 5.01. The van der Waals surface area contributed by atoms with Gasteiger partial charge in [-0.25, -0.2) is 0 Å². The molecule has 2 aliphatic carbocycles. The third-order valence-corrected chi connectivity index (χ3v) is 7.40. The van der Waals surface area contributed by atoms with E-state index in [9.17, 15) is 14.7 Å². The summed E-state index contributed by atoms with van der Waals surface area (Å²) in [5.74, 6) is 0.589. The van der Waals surface area contributed by atoms with Crippen molar-refractivity contribution in [3.63, 3.8) is 0 Å². The first-order valence-electron chi connectivity index (χ1n) is 9.92. The highest BCUT2D eigenvalue weighted by Crippen LogP contribution is 2.61. The molecule has 0 spiro atoms. The SMILES string of the molecule is C=CC1=CCC2(C)C(=O)C(C)=C(C)C(=O)C2(C)C1C1=COc2ccc(O)cc2C1. The van der Waals surface area contributed by atoms with Crippen LogP contribution in [-0.2, 0) is 16.0 Å². The Morgan fingerprint density at radius 3 is 2.55 bits per heavy atom. The Balaban J connectivity index is 1.89. The van der Waals surface area contributed by atoms with Crippen molar-refractivity contribution < 1.29 is 19.4 Å². The van der Waals surface area contributed by atoms with Crippen LogP contribution in [0.15, 0.2) is 65.5 Å². The van der Waals surface area contributed by atoms with Crippen LogP contribution >= 0.6 is 0 Å². The highest BCUT2D eigenvalue weighted by atomic mass is 16.5. The minimum absolute atomic E-state index is 0.0113. The monoisotopic (exact) mass is 390 g/mol. The van der Waals surface area contributed by atoms with E-state index in [1.54, 1.807) is 44.4 Å². The van der Waals surface area contributed by atoms with Gasteiger partial charge in [0.1, 0.15) is 11.5 Å².